The van der Waals surface area contributed by atoms with E-state index in [0.717, 1.165) is 69.4 Å². The lowest BCUT2D eigenvalue weighted by molar-refractivity contribution is -0.380. The number of benzene rings is 3. The Kier molecular flexibility index (Phi) is 9.65. The summed E-state index contributed by atoms with van der Waals surface area (Å²) in [6, 6.07) is 6.62. The standard InChI is InChI=1S/C25H12F12I2N2O2/c1-40(21(43)17-12(26)6-3-7-13(17)27)16-10-2-5-11(18(16)28)20(42)41(19-14(38)8-4-9-15(19)39)23(31,25(35,36)37)22(29,30)24(32,33)34/h2-10H,1H3. The number of nitrogens with zero attached hydrogens (tertiary/aromatic N) is 2. The van der Waals surface area contributed by atoms with Crippen LogP contribution in [-0.2, 0) is 0 Å². The van der Waals surface area contributed by atoms with E-state index in [9.17, 15) is 53.5 Å². The second-order valence-corrected chi connectivity index (χ2v) is 10.8. The summed E-state index contributed by atoms with van der Waals surface area (Å²) in [4.78, 5) is 24.9. The molecule has 0 saturated heterocycles. The summed E-state index contributed by atoms with van der Waals surface area (Å²) in [7, 11) is 0.703. The number of carbonyl (C=O) groups excluding carboxylic acids is 2. The molecule has 0 aliphatic rings. The summed E-state index contributed by atoms with van der Waals surface area (Å²) >= 11 is 2.28. The van der Waals surface area contributed by atoms with Crippen LogP contribution in [0.2, 0.25) is 0 Å². The molecule has 0 spiro atoms. The topological polar surface area (TPSA) is 40.6 Å². The molecule has 0 N–H and O–H groups in total. The van der Waals surface area contributed by atoms with Crippen molar-refractivity contribution in [2.24, 2.45) is 0 Å². The average molecular weight is 854 g/mol. The zero-order valence-corrected chi connectivity index (χ0v) is 25.0. The van der Waals surface area contributed by atoms with Gasteiger partial charge in [0.15, 0.2) is 5.82 Å². The van der Waals surface area contributed by atoms with E-state index in [0.29, 0.717) is 37.4 Å². The first-order valence-electron chi connectivity index (χ1n) is 11.1. The van der Waals surface area contributed by atoms with Gasteiger partial charge >= 0.3 is 24.1 Å². The molecule has 18 heteroatoms. The number of alkyl halides is 9. The predicted molar refractivity (Wildman–Crippen MR) is 145 cm³/mol. The molecule has 43 heavy (non-hydrogen) atoms. The highest BCUT2D eigenvalue weighted by molar-refractivity contribution is 14.1. The summed E-state index contributed by atoms with van der Waals surface area (Å²) in [6.07, 6.45) is -14.4. The number of hydrogen-bond acceptors (Lipinski definition) is 2. The van der Waals surface area contributed by atoms with Crippen LogP contribution in [0.1, 0.15) is 20.7 Å². The lowest BCUT2D eigenvalue weighted by Gasteiger charge is -2.43. The van der Waals surface area contributed by atoms with Gasteiger partial charge in [-0.1, -0.05) is 18.2 Å². The fraction of sp³-hybridized carbons (Fsp3) is 0.200. The Morgan fingerprint density at radius 3 is 1.60 bits per heavy atom. The Balaban J connectivity index is 2.34. The van der Waals surface area contributed by atoms with Gasteiger partial charge in [0, 0.05) is 14.2 Å². The van der Waals surface area contributed by atoms with Gasteiger partial charge < -0.3 is 4.90 Å². The Bertz CT molecular complexity index is 1540. The molecule has 0 bridgehead atoms. The molecule has 3 aromatic rings. The minimum Gasteiger partial charge on any atom is -0.308 e. The second kappa shape index (κ2) is 12.0. The normalized spacial score (nSPS) is 13.8. The molecule has 0 aliphatic heterocycles. The van der Waals surface area contributed by atoms with E-state index >= 15 is 8.78 Å². The van der Waals surface area contributed by atoms with Gasteiger partial charge in [-0.2, -0.15) is 35.1 Å². The molecule has 0 radical (unpaired) electrons. The second-order valence-electron chi connectivity index (χ2n) is 8.50. The van der Waals surface area contributed by atoms with Crippen molar-refractivity contribution in [3.8, 4) is 0 Å². The van der Waals surface area contributed by atoms with Crippen LogP contribution in [0.3, 0.4) is 0 Å². The minimum atomic E-state index is -7.32. The number of rotatable bonds is 6. The quantitative estimate of drug-likeness (QED) is 0.142. The van der Waals surface area contributed by atoms with E-state index in [1.165, 1.54) is 0 Å². The van der Waals surface area contributed by atoms with Crippen molar-refractivity contribution in [1.29, 1.82) is 0 Å². The van der Waals surface area contributed by atoms with Gasteiger partial charge in [0.25, 0.3) is 11.8 Å². The third-order valence-corrected chi connectivity index (χ3v) is 7.61. The molecule has 0 heterocycles. The van der Waals surface area contributed by atoms with Crippen LogP contribution >= 0.6 is 45.2 Å². The molecule has 1 atom stereocenters. The lowest BCUT2D eigenvalue weighted by atomic mass is 10.00. The van der Waals surface area contributed by atoms with Gasteiger partial charge in [0.05, 0.1) is 16.9 Å². The maximum Gasteiger partial charge on any atom is 0.459 e. The maximum absolute atomic E-state index is 15.9. The van der Waals surface area contributed by atoms with E-state index in [4.69, 9.17) is 0 Å². The van der Waals surface area contributed by atoms with Crippen molar-refractivity contribution in [3.05, 3.63) is 90.3 Å². The Morgan fingerprint density at radius 1 is 0.674 bits per heavy atom. The molecular weight excluding hydrogens is 842 g/mol. The summed E-state index contributed by atoms with van der Waals surface area (Å²) in [5.74, 6) is -23.3. The minimum absolute atomic E-state index is 0.185. The number of para-hydroxylation sites is 1. The Labute approximate surface area is 260 Å². The lowest BCUT2D eigenvalue weighted by Crippen LogP contribution is -2.72. The molecule has 1 unspecified atom stereocenters. The number of anilines is 2. The monoisotopic (exact) mass is 854 g/mol. The van der Waals surface area contributed by atoms with Crippen LogP contribution in [0, 0.1) is 24.6 Å². The third kappa shape index (κ3) is 5.87. The first kappa shape index (κ1) is 34.7. The van der Waals surface area contributed by atoms with E-state index in [1.807, 2.05) is 0 Å². The summed E-state index contributed by atoms with van der Waals surface area (Å²) in [5, 5.41) is 0. The largest absolute Gasteiger partial charge is 0.459 e. The fourth-order valence-electron chi connectivity index (χ4n) is 3.77. The van der Waals surface area contributed by atoms with Crippen LogP contribution in [0.5, 0.6) is 0 Å². The van der Waals surface area contributed by atoms with Gasteiger partial charge in [-0.3, -0.25) is 14.5 Å². The number of halogens is 14. The molecule has 0 aliphatic carbocycles. The molecule has 0 aromatic heterocycles. The predicted octanol–water partition coefficient (Wildman–Crippen LogP) is 8.66. The molecule has 232 valence electrons. The van der Waals surface area contributed by atoms with Crippen LogP contribution in [0.15, 0.2) is 54.6 Å². The highest BCUT2D eigenvalue weighted by atomic mass is 127. The van der Waals surface area contributed by atoms with Crippen molar-refractivity contribution < 1.29 is 62.3 Å². The van der Waals surface area contributed by atoms with E-state index in [-0.39, 0.29) is 4.90 Å². The molecule has 3 aromatic carbocycles. The van der Waals surface area contributed by atoms with Gasteiger partial charge in [-0.15, -0.1) is 0 Å². The summed E-state index contributed by atoms with van der Waals surface area (Å²) in [5.41, 5.74) is -5.44. The van der Waals surface area contributed by atoms with Crippen LogP contribution in [0.4, 0.5) is 64.1 Å². The highest BCUT2D eigenvalue weighted by Crippen LogP contribution is 2.56. The van der Waals surface area contributed by atoms with Crippen molar-refractivity contribution in [2.45, 2.75) is 24.1 Å². The number of hydrogen-bond donors (Lipinski definition) is 0. The maximum atomic E-state index is 15.9. The third-order valence-electron chi connectivity index (χ3n) is 5.87. The fourth-order valence-corrected chi connectivity index (χ4v) is 5.77. The Hall–Kier alpha value is -2.78. The van der Waals surface area contributed by atoms with Gasteiger partial charge in [0.2, 0.25) is 0 Å². The van der Waals surface area contributed by atoms with Crippen LogP contribution in [-0.4, -0.2) is 42.9 Å². The van der Waals surface area contributed by atoms with Crippen molar-refractivity contribution in [2.75, 3.05) is 16.8 Å². The van der Waals surface area contributed by atoms with E-state index in [2.05, 4.69) is 0 Å². The first-order chi connectivity index (χ1) is 19.6. The van der Waals surface area contributed by atoms with Crippen molar-refractivity contribution in [1.82, 2.24) is 0 Å². The number of amides is 2. The van der Waals surface area contributed by atoms with E-state index < -0.39 is 87.9 Å². The summed E-state index contributed by atoms with van der Waals surface area (Å²) in [6.45, 7) is 0. The van der Waals surface area contributed by atoms with E-state index in [1.54, 1.807) is 0 Å². The average Bonchev–Trinajstić information content (AvgIpc) is 2.88. The zero-order valence-electron chi connectivity index (χ0n) is 20.7. The SMILES string of the molecule is CN(C(=O)c1c(F)cccc1F)c1cccc(C(=O)N(c2c(I)cccc2I)C(F)(C(F)(F)F)C(F)(F)C(F)(F)F)c1F. The van der Waals surface area contributed by atoms with Crippen molar-refractivity contribution >= 4 is 68.4 Å². The molecular formula is C25H12F12I2N2O2. The van der Waals surface area contributed by atoms with Gasteiger partial charge in [0.1, 0.15) is 17.2 Å². The first-order valence-corrected chi connectivity index (χ1v) is 13.3. The number of carbonyl (C=O) groups is 2. The van der Waals surface area contributed by atoms with Gasteiger partial charge in [-0.25, -0.2) is 17.6 Å². The Morgan fingerprint density at radius 2 is 1.14 bits per heavy atom. The molecule has 2 amide bonds. The molecule has 0 saturated carbocycles. The molecule has 4 nitrogen and oxygen atoms in total. The molecule has 0 fully saturated rings. The van der Waals surface area contributed by atoms with Crippen LogP contribution < -0.4 is 9.80 Å². The van der Waals surface area contributed by atoms with Crippen LogP contribution in [0.25, 0.3) is 0 Å². The van der Waals surface area contributed by atoms with Gasteiger partial charge in [-0.05, 0) is 81.6 Å². The van der Waals surface area contributed by atoms with Crippen molar-refractivity contribution in [3.63, 3.8) is 0 Å². The highest BCUT2D eigenvalue weighted by Gasteiger charge is 2.85. The smallest absolute Gasteiger partial charge is 0.308 e. The molecule has 3 rings (SSSR count). The summed E-state index contributed by atoms with van der Waals surface area (Å²) < 4.78 is 170. The zero-order chi connectivity index (χ0) is 32.9.